The summed E-state index contributed by atoms with van der Waals surface area (Å²) in [5.41, 5.74) is 6.39. The first-order valence-corrected chi connectivity index (χ1v) is 7.40. The molecule has 0 fully saturated rings. The molecule has 0 unspecified atom stereocenters. The van der Waals surface area contributed by atoms with Crippen LogP contribution in [0.1, 0.15) is 47.6 Å². The fourth-order valence-corrected chi connectivity index (χ4v) is 2.00. The van der Waals surface area contributed by atoms with Crippen molar-refractivity contribution in [3.63, 3.8) is 0 Å². The Morgan fingerprint density at radius 1 is 0.857 bits per heavy atom. The average molecular weight is 278 g/mol. The van der Waals surface area contributed by atoms with E-state index < -0.39 is 0 Å². The fourth-order valence-electron chi connectivity index (χ4n) is 2.00. The monoisotopic (exact) mass is 278 g/mol. The molecule has 0 saturated carbocycles. The fraction of sp³-hybridized carbons (Fsp3) is 0.238. The van der Waals surface area contributed by atoms with Crippen LogP contribution >= 0.6 is 0 Å². The zero-order valence-corrected chi connectivity index (χ0v) is 13.7. The Balaban J connectivity index is 0.000000211. The van der Waals surface area contributed by atoms with Crippen LogP contribution in [0.4, 0.5) is 0 Å². The molecule has 2 aromatic rings. The molecular formula is C21H26. The van der Waals surface area contributed by atoms with E-state index in [9.17, 15) is 0 Å². The van der Waals surface area contributed by atoms with Crippen LogP contribution in [0.2, 0.25) is 0 Å². The summed E-state index contributed by atoms with van der Waals surface area (Å²) in [7, 11) is 0. The molecule has 0 spiro atoms. The van der Waals surface area contributed by atoms with Gasteiger partial charge in [0.2, 0.25) is 0 Å². The highest BCUT2D eigenvalue weighted by molar-refractivity contribution is 5.52. The molecule has 2 aromatic carbocycles. The van der Waals surface area contributed by atoms with E-state index >= 15 is 0 Å². The third kappa shape index (κ3) is 5.43. The number of hydrogen-bond acceptors (Lipinski definition) is 0. The number of rotatable bonds is 3. The highest BCUT2D eigenvalue weighted by Gasteiger charge is 1.96. The van der Waals surface area contributed by atoms with E-state index in [1.165, 1.54) is 27.8 Å². The Hall–Kier alpha value is -2.08. The lowest BCUT2D eigenvalue weighted by Crippen LogP contribution is -1.85. The molecule has 0 heteroatoms. The largest absolute Gasteiger partial charge is 0.0985 e. The molecule has 0 aromatic heterocycles. The van der Waals surface area contributed by atoms with Gasteiger partial charge in [-0.05, 0) is 42.0 Å². The lowest BCUT2D eigenvalue weighted by molar-refractivity contribution is 0.866. The minimum atomic E-state index is 0.619. The van der Waals surface area contributed by atoms with Crippen molar-refractivity contribution in [2.24, 2.45) is 0 Å². The number of benzene rings is 2. The normalized spacial score (nSPS) is 9.76. The third-order valence-corrected chi connectivity index (χ3v) is 3.49. The quantitative estimate of drug-likeness (QED) is 0.609. The summed E-state index contributed by atoms with van der Waals surface area (Å²) in [6.07, 6.45) is 3.76. The van der Waals surface area contributed by atoms with Crippen LogP contribution in [0.3, 0.4) is 0 Å². The maximum absolute atomic E-state index is 3.73. The van der Waals surface area contributed by atoms with Crippen molar-refractivity contribution in [2.75, 3.05) is 0 Å². The molecule has 0 aliphatic carbocycles. The third-order valence-electron chi connectivity index (χ3n) is 3.49. The highest BCUT2D eigenvalue weighted by Crippen LogP contribution is 2.14. The maximum Gasteiger partial charge on any atom is -0.0219 e. The predicted octanol–water partition coefficient (Wildman–Crippen LogP) is 6.40. The van der Waals surface area contributed by atoms with E-state index in [0.717, 1.165) is 0 Å². The van der Waals surface area contributed by atoms with Gasteiger partial charge >= 0.3 is 0 Å². The van der Waals surface area contributed by atoms with Gasteiger partial charge in [-0.3, -0.25) is 0 Å². The summed E-state index contributed by atoms with van der Waals surface area (Å²) in [4.78, 5) is 0. The molecule has 0 aliphatic heterocycles. The van der Waals surface area contributed by atoms with Gasteiger partial charge in [-0.2, -0.15) is 0 Å². The standard InChI is InChI=1S/C11H14.C10H12/c1-4-10-5-7-11(8-6-10)9(2)3;1-4-10-7-8(2)5-6-9(10)3/h4-9H,1H2,2-3H3;4-7H,1H2,2-3H3. The van der Waals surface area contributed by atoms with Gasteiger partial charge in [0.25, 0.3) is 0 Å². The number of aryl methyl sites for hydroxylation is 2. The Morgan fingerprint density at radius 2 is 1.48 bits per heavy atom. The number of hydrogen-bond donors (Lipinski definition) is 0. The predicted molar refractivity (Wildman–Crippen MR) is 96.6 cm³/mol. The molecular weight excluding hydrogens is 252 g/mol. The zero-order valence-electron chi connectivity index (χ0n) is 13.7. The smallest absolute Gasteiger partial charge is 0.0219 e. The Bertz CT molecular complexity index is 586. The SMILES string of the molecule is C=Cc1cc(C)ccc1C.C=Cc1ccc(C(C)C)cc1. The zero-order chi connectivity index (χ0) is 15.8. The summed E-state index contributed by atoms with van der Waals surface area (Å²) >= 11 is 0. The summed E-state index contributed by atoms with van der Waals surface area (Å²) in [6.45, 7) is 16.0. The van der Waals surface area contributed by atoms with Gasteiger partial charge in [-0.25, -0.2) is 0 Å². The van der Waals surface area contributed by atoms with Gasteiger partial charge in [0.15, 0.2) is 0 Å². The van der Waals surface area contributed by atoms with Crippen LogP contribution in [-0.4, -0.2) is 0 Å². The van der Waals surface area contributed by atoms with Crippen LogP contribution in [0.25, 0.3) is 12.2 Å². The van der Waals surface area contributed by atoms with Crippen LogP contribution in [0.15, 0.2) is 55.6 Å². The van der Waals surface area contributed by atoms with Crippen molar-refractivity contribution in [1.29, 1.82) is 0 Å². The second-order valence-corrected chi connectivity index (χ2v) is 5.59. The first-order valence-electron chi connectivity index (χ1n) is 7.40. The van der Waals surface area contributed by atoms with Crippen molar-refractivity contribution < 1.29 is 0 Å². The van der Waals surface area contributed by atoms with Crippen molar-refractivity contribution in [3.05, 3.63) is 83.4 Å². The second kappa shape index (κ2) is 8.26. The van der Waals surface area contributed by atoms with Gasteiger partial charge in [-0.15, -0.1) is 0 Å². The minimum Gasteiger partial charge on any atom is -0.0985 e. The van der Waals surface area contributed by atoms with Gasteiger partial charge in [0.05, 0.1) is 0 Å². The molecule has 0 saturated heterocycles. The molecule has 0 heterocycles. The molecule has 21 heavy (non-hydrogen) atoms. The molecule has 0 aliphatic rings. The second-order valence-electron chi connectivity index (χ2n) is 5.59. The van der Waals surface area contributed by atoms with Crippen LogP contribution in [-0.2, 0) is 0 Å². The summed E-state index contributed by atoms with van der Waals surface area (Å²) in [6, 6.07) is 14.9. The molecule has 110 valence electrons. The molecule has 0 bridgehead atoms. The molecule has 0 amide bonds. The van der Waals surface area contributed by atoms with Crippen LogP contribution in [0.5, 0.6) is 0 Å². The van der Waals surface area contributed by atoms with E-state index in [4.69, 9.17) is 0 Å². The Morgan fingerprint density at radius 3 is 1.90 bits per heavy atom. The summed E-state index contributed by atoms with van der Waals surface area (Å²) < 4.78 is 0. The van der Waals surface area contributed by atoms with Gasteiger partial charge in [0, 0.05) is 0 Å². The average Bonchev–Trinajstić information content (AvgIpc) is 2.50. The van der Waals surface area contributed by atoms with Crippen LogP contribution in [0, 0.1) is 13.8 Å². The van der Waals surface area contributed by atoms with E-state index in [1.807, 2.05) is 12.2 Å². The first kappa shape index (κ1) is 17.0. The molecule has 0 nitrogen and oxygen atoms in total. The summed E-state index contributed by atoms with van der Waals surface area (Å²) in [5.74, 6) is 0.619. The van der Waals surface area contributed by atoms with E-state index in [-0.39, 0.29) is 0 Å². The lowest BCUT2D eigenvalue weighted by Gasteiger charge is -2.04. The highest BCUT2D eigenvalue weighted by atomic mass is 14.0. The van der Waals surface area contributed by atoms with Crippen molar-refractivity contribution in [2.45, 2.75) is 33.6 Å². The topological polar surface area (TPSA) is 0 Å². The Kier molecular flexibility index (Phi) is 6.68. The van der Waals surface area contributed by atoms with Crippen molar-refractivity contribution in [1.82, 2.24) is 0 Å². The molecule has 2 rings (SSSR count). The summed E-state index contributed by atoms with van der Waals surface area (Å²) in [5, 5.41) is 0. The minimum absolute atomic E-state index is 0.619. The maximum atomic E-state index is 3.73. The Labute approximate surface area is 129 Å². The lowest BCUT2D eigenvalue weighted by atomic mass is 10.0. The van der Waals surface area contributed by atoms with Gasteiger partial charge in [0.1, 0.15) is 0 Å². The van der Waals surface area contributed by atoms with Crippen LogP contribution < -0.4 is 0 Å². The van der Waals surface area contributed by atoms with E-state index in [2.05, 4.69) is 83.3 Å². The van der Waals surface area contributed by atoms with Crippen molar-refractivity contribution in [3.8, 4) is 0 Å². The van der Waals surface area contributed by atoms with E-state index in [0.29, 0.717) is 5.92 Å². The first-order chi connectivity index (χ1) is 9.97. The van der Waals surface area contributed by atoms with Gasteiger partial charge < -0.3 is 0 Å². The van der Waals surface area contributed by atoms with E-state index in [1.54, 1.807) is 0 Å². The molecule has 0 atom stereocenters. The van der Waals surface area contributed by atoms with Crippen molar-refractivity contribution >= 4 is 12.2 Å². The molecule has 0 N–H and O–H groups in total. The molecule has 0 radical (unpaired) electrons. The van der Waals surface area contributed by atoms with Gasteiger partial charge in [-0.1, -0.05) is 87.2 Å².